The molecule has 0 saturated heterocycles. The van der Waals surface area contributed by atoms with Crippen LogP contribution in [0.15, 0.2) is 59.6 Å². The summed E-state index contributed by atoms with van der Waals surface area (Å²) in [5.41, 5.74) is 3.33. The summed E-state index contributed by atoms with van der Waals surface area (Å²) in [6.45, 7) is 1.96. The molecule has 0 unspecified atom stereocenters. The Morgan fingerprint density at radius 3 is 2.70 bits per heavy atom. The van der Waals surface area contributed by atoms with Crippen LogP contribution in [-0.2, 0) is 4.79 Å². The highest BCUT2D eigenvalue weighted by Gasteiger charge is 2.18. The van der Waals surface area contributed by atoms with Crippen LogP contribution in [0.5, 0.6) is 5.75 Å². The van der Waals surface area contributed by atoms with Crippen LogP contribution in [0.1, 0.15) is 5.01 Å². The average molecular weight is 437 g/mol. The molecule has 4 aromatic rings. The van der Waals surface area contributed by atoms with Crippen molar-refractivity contribution in [2.45, 2.75) is 11.9 Å². The third-order valence-electron chi connectivity index (χ3n) is 4.59. The Labute approximate surface area is 182 Å². The van der Waals surface area contributed by atoms with Crippen molar-refractivity contribution in [2.75, 3.05) is 24.8 Å². The van der Waals surface area contributed by atoms with Gasteiger partial charge in [-0.3, -0.25) is 4.79 Å². The Balaban J connectivity index is 1.61. The van der Waals surface area contributed by atoms with Crippen LogP contribution in [0.3, 0.4) is 0 Å². The second kappa shape index (κ2) is 8.81. The van der Waals surface area contributed by atoms with E-state index in [0.29, 0.717) is 5.03 Å². The lowest BCUT2D eigenvalue weighted by molar-refractivity contribution is -0.115. The Hall–Kier alpha value is -2.97. The minimum Gasteiger partial charge on any atom is -0.497 e. The highest BCUT2D eigenvalue weighted by molar-refractivity contribution is 8.00. The summed E-state index contributed by atoms with van der Waals surface area (Å²) in [6.07, 6.45) is 0. The first kappa shape index (κ1) is 20.3. The van der Waals surface area contributed by atoms with Gasteiger partial charge in [0.05, 0.1) is 22.6 Å². The molecule has 30 heavy (non-hydrogen) atoms. The zero-order valence-electron chi connectivity index (χ0n) is 16.8. The van der Waals surface area contributed by atoms with E-state index < -0.39 is 0 Å². The number of thiazole rings is 1. The van der Waals surface area contributed by atoms with E-state index in [9.17, 15) is 4.79 Å². The van der Waals surface area contributed by atoms with Gasteiger partial charge in [-0.05, 0) is 31.2 Å². The summed E-state index contributed by atoms with van der Waals surface area (Å²) in [4.78, 5) is 19.0. The number of aromatic nitrogens is 3. The number of anilines is 1. The fraction of sp³-hybridized carbons (Fsp3) is 0.182. The van der Waals surface area contributed by atoms with Crippen LogP contribution in [0.25, 0.3) is 21.5 Å². The maximum absolute atomic E-state index is 12.6. The molecule has 2 heterocycles. The van der Waals surface area contributed by atoms with Crippen molar-refractivity contribution in [3.63, 3.8) is 0 Å². The number of hydrogen-bond acceptors (Lipinski definition) is 7. The summed E-state index contributed by atoms with van der Waals surface area (Å²) >= 11 is 2.94. The van der Waals surface area contributed by atoms with E-state index in [0.717, 1.165) is 37.9 Å². The molecule has 2 aromatic carbocycles. The zero-order valence-corrected chi connectivity index (χ0v) is 18.5. The van der Waals surface area contributed by atoms with Crippen LogP contribution < -0.4 is 9.64 Å². The number of amides is 1. The van der Waals surface area contributed by atoms with Crippen LogP contribution in [0, 0.1) is 6.92 Å². The molecule has 0 fully saturated rings. The van der Waals surface area contributed by atoms with Crippen LogP contribution in [0.2, 0.25) is 0 Å². The summed E-state index contributed by atoms with van der Waals surface area (Å²) in [5.74, 6) is 1.01. The Morgan fingerprint density at radius 1 is 1.13 bits per heavy atom. The van der Waals surface area contributed by atoms with Crippen LogP contribution >= 0.6 is 23.1 Å². The first-order chi connectivity index (χ1) is 14.6. The lowest BCUT2D eigenvalue weighted by Gasteiger charge is -2.16. The molecule has 4 rings (SSSR count). The second-order valence-corrected chi connectivity index (χ2v) is 8.74. The van der Waals surface area contributed by atoms with Crippen molar-refractivity contribution >= 4 is 44.9 Å². The number of ether oxygens (including phenoxy) is 1. The first-order valence-electron chi connectivity index (χ1n) is 9.29. The maximum Gasteiger partial charge on any atom is 0.237 e. The summed E-state index contributed by atoms with van der Waals surface area (Å²) in [6, 6.07) is 17.3. The molecule has 8 heteroatoms. The lowest BCUT2D eigenvalue weighted by atomic mass is 10.1. The van der Waals surface area contributed by atoms with E-state index in [1.54, 1.807) is 30.4 Å². The molecule has 0 bridgehead atoms. The van der Waals surface area contributed by atoms with Gasteiger partial charge in [0.15, 0.2) is 0 Å². The molecule has 0 atom stereocenters. The Kier molecular flexibility index (Phi) is 5.96. The number of benzene rings is 2. The molecule has 0 N–H and O–H groups in total. The number of fused-ring (bicyclic) bond motifs is 1. The van der Waals surface area contributed by atoms with Crippen molar-refractivity contribution in [1.29, 1.82) is 0 Å². The number of thioether (sulfide) groups is 1. The predicted octanol–water partition coefficient (Wildman–Crippen LogP) is 4.83. The Bertz CT molecular complexity index is 1190. The van der Waals surface area contributed by atoms with Gasteiger partial charge in [0.25, 0.3) is 0 Å². The molecule has 0 spiro atoms. The molecule has 2 aromatic heterocycles. The fourth-order valence-electron chi connectivity index (χ4n) is 3.00. The number of nitrogens with zero attached hydrogens (tertiary/aromatic N) is 4. The van der Waals surface area contributed by atoms with Gasteiger partial charge in [0.1, 0.15) is 22.0 Å². The van der Waals surface area contributed by atoms with Gasteiger partial charge in [-0.2, -0.15) is 0 Å². The van der Waals surface area contributed by atoms with Gasteiger partial charge < -0.3 is 9.64 Å². The number of hydrogen-bond donors (Lipinski definition) is 0. The van der Waals surface area contributed by atoms with Crippen molar-refractivity contribution in [3.8, 4) is 17.0 Å². The van der Waals surface area contributed by atoms with Gasteiger partial charge in [0, 0.05) is 18.3 Å². The minimum absolute atomic E-state index is 0.00928. The van der Waals surface area contributed by atoms with E-state index >= 15 is 0 Å². The van der Waals surface area contributed by atoms with E-state index in [4.69, 9.17) is 4.74 Å². The minimum atomic E-state index is -0.00928. The molecular weight excluding hydrogens is 416 g/mol. The van der Waals surface area contributed by atoms with Gasteiger partial charge >= 0.3 is 0 Å². The number of para-hydroxylation sites is 1. The largest absolute Gasteiger partial charge is 0.497 e. The van der Waals surface area contributed by atoms with E-state index in [2.05, 4.69) is 15.2 Å². The van der Waals surface area contributed by atoms with Crippen LogP contribution in [-0.4, -0.2) is 41.0 Å². The van der Waals surface area contributed by atoms with Gasteiger partial charge in [-0.25, -0.2) is 4.98 Å². The standard InChI is InChI=1S/C22H20N4O2S2/c1-14-23-20-21(30-14)19(15-8-7-11-17(12-15)28-3)24-25-22(20)29-13-18(27)26(2)16-9-5-4-6-10-16/h4-12H,13H2,1-3H3. The van der Waals surface area contributed by atoms with Crippen molar-refractivity contribution in [2.24, 2.45) is 0 Å². The number of aryl methyl sites for hydroxylation is 1. The lowest BCUT2D eigenvalue weighted by Crippen LogP contribution is -2.27. The monoisotopic (exact) mass is 436 g/mol. The van der Waals surface area contributed by atoms with E-state index in [-0.39, 0.29) is 11.7 Å². The van der Waals surface area contributed by atoms with Crippen molar-refractivity contribution < 1.29 is 9.53 Å². The third-order valence-corrected chi connectivity index (χ3v) is 6.50. The molecule has 0 radical (unpaired) electrons. The van der Waals surface area contributed by atoms with Crippen LogP contribution in [0.4, 0.5) is 5.69 Å². The van der Waals surface area contributed by atoms with Gasteiger partial charge in [-0.1, -0.05) is 42.1 Å². The highest BCUT2D eigenvalue weighted by atomic mass is 32.2. The molecule has 0 aliphatic rings. The van der Waals surface area contributed by atoms with Crippen molar-refractivity contribution in [3.05, 3.63) is 59.6 Å². The van der Waals surface area contributed by atoms with E-state index in [1.165, 1.54) is 11.8 Å². The molecule has 0 aliphatic carbocycles. The molecule has 152 valence electrons. The summed E-state index contributed by atoms with van der Waals surface area (Å²) in [5, 5.41) is 10.5. The Morgan fingerprint density at radius 2 is 1.93 bits per heavy atom. The van der Waals surface area contributed by atoms with Gasteiger partial charge in [0.2, 0.25) is 5.91 Å². The SMILES string of the molecule is COc1cccc(-c2nnc(SCC(=O)N(C)c3ccccc3)c3nc(C)sc23)c1. The second-order valence-electron chi connectivity index (χ2n) is 6.57. The molecule has 0 saturated carbocycles. The first-order valence-corrected chi connectivity index (χ1v) is 11.1. The van der Waals surface area contributed by atoms with E-state index in [1.807, 2.05) is 61.5 Å². The molecule has 0 aliphatic heterocycles. The quantitative estimate of drug-likeness (QED) is 0.404. The van der Waals surface area contributed by atoms with Crippen molar-refractivity contribution in [1.82, 2.24) is 15.2 Å². The highest BCUT2D eigenvalue weighted by Crippen LogP contribution is 2.36. The predicted molar refractivity (Wildman–Crippen MR) is 123 cm³/mol. The number of rotatable bonds is 6. The number of carbonyl (C=O) groups excluding carboxylic acids is 1. The summed E-state index contributed by atoms with van der Waals surface area (Å²) in [7, 11) is 3.42. The van der Waals surface area contributed by atoms with Gasteiger partial charge in [-0.15, -0.1) is 21.5 Å². The maximum atomic E-state index is 12.6. The zero-order chi connectivity index (χ0) is 21.1. The molecule has 6 nitrogen and oxygen atoms in total. The third kappa shape index (κ3) is 4.15. The topological polar surface area (TPSA) is 68.2 Å². The summed E-state index contributed by atoms with van der Waals surface area (Å²) < 4.78 is 6.29. The molecule has 1 amide bonds. The average Bonchev–Trinajstić information content (AvgIpc) is 3.18. The molecular formula is C22H20N4O2S2. The fourth-order valence-corrected chi connectivity index (χ4v) is 4.83. The number of methoxy groups -OCH3 is 1. The number of carbonyl (C=O) groups is 1. The normalized spacial score (nSPS) is 10.9. The smallest absolute Gasteiger partial charge is 0.237 e.